The largest absolute Gasteiger partial charge is 0.375 e. The maximum atomic E-state index is 12.7. The van der Waals surface area contributed by atoms with E-state index in [1.54, 1.807) is 0 Å². The first-order valence-corrected chi connectivity index (χ1v) is 10.0. The zero-order valence-corrected chi connectivity index (χ0v) is 17.2. The van der Waals surface area contributed by atoms with E-state index in [0.29, 0.717) is 37.1 Å². The standard InChI is InChI=1S/C21H29N5O3/c1-14(2)9-10-19(28)26-11-16(17(12-26)22-18(27)13-29-3)21-23-20(24-25-21)15-7-5-4-6-8-15/h4-8,14,16-17H,9-13H2,1-3H3,(H,22,27)(H,23,24,25)/t16-,17-/m1/s1. The Morgan fingerprint density at radius 3 is 2.72 bits per heavy atom. The summed E-state index contributed by atoms with van der Waals surface area (Å²) in [5, 5.41) is 10.3. The summed E-state index contributed by atoms with van der Waals surface area (Å²) in [5.74, 6) is 1.50. The Bertz CT molecular complexity index is 821. The smallest absolute Gasteiger partial charge is 0.246 e. The fraction of sp³-hybridized carbons (Fsp3) is 0.524. The lowest BCUT2D eigenvalue weighted by Crippen LogP contribution is -2.42. The molecular weight excluding hydrogens is 370 g/mol. The molecular formula is C21H29N5O3. The number of likely N-dealkylation sites (tertiary alicyclic amines) is 1. The molecule has 2 atom stereocenters. The molecule has 2 aromatic rings. The number of ether oxygens (including phenoxy) is 1. The second-order valence-corrected chi connectivity index (χ2v) is 7.86. The lowest BCUT2D eigenvalue weighted by molar-refractivity contribution is -0.131. The van der Waals surface area contributed by atoms with Crippen molar-refractivity contribution in [3.05, 3.63) is 36.2 Å². The number of carbonyl (C=O) groups excluding carboxylic acids is 2. The third kappa shape index (κ3) is 5.41. The first-order chi connectivity index (χ1) is 14.0. The third-order valence-electron chi connectivity index (χ3n) is 5.12. The average Bonchev–Trinajstić information content (AvgIpc) is 3.34. The first kappa shape index (κ1) is 21.0. The number of methoxy groups -OCH3 is 1. The van der Waals surface area contributed by atoms with Gasteiger partial charge in [0.05, 0.1) is 12.0 Å². The number of amides is 2. The SMILES string of the molecule is COCC(=O)N[C@@H]1CN(C(=O)CCC(C)C)C[C@H]1c1nc(-c2ccccc2)n[nH]1. The molecule has 3 rings (SSSR count). The summed E-state index contributed by atoms with van der Waals surface area (Å²) in [6, 6.07) is 9.46. The first-order valence-electron chi connectivity index (χ1n) is 10.0. The zero-order valence-electron chi connectivity index (χ0n) is 17.2. The van der Waals surface area contributed by atoms with Crippen LogP contribution in [-0.2, 0) is 14.3 Å². The van der Waals surface area contributed by atoms with Crippen LogP contribution >= 0.6 is 0 Å². The van der Waals surface area contributed by atoms with Gasteiger partial charge in [-0.3, -0.25) is 14.7 Å². The molecule has 1 aromatic carbocycles. The van der Waals surface area contributed by atoms with Crippen molar-refractivity contribution < 1.29 is 14.3 Å². The minimum Gasteiger partial charge on any atom is -0.375 e. The molecule has 2 heterocycles. The normalized spacial score (nSPS) is 19.0. The fourth-order valence-corrected chi connectivity index (χ4v) is 3.54. The summed E-state index contributed by atoms with van der Waals surface area (Å²) in [6.45, 7) is 5.15. The topological polar surface area (TPSA) is 100 Å². The van der Waals surface area contributed by atoms with Crippen molar-refractivity contribution in [2.45, 2.75) is 38.6 Å². The van der Waals surface area contributed by atoms with Crippen LogP contribution in [0.3, 0.4) is 0 Å². The zero-order chi connectivity index (χ0) is 20.8. The molecule has 1 aromatic heterocycles. The quantitative estimate of drug-likeness (QED) is 0.707. The van der Waals surface area contributed by atoms with E-state index in [2.05, 4.69) is 34.3 Å². The second kappa shape index (κ2) is 9.65. The third-order valence-corrected chi connectivity index (χ3v) is 5.12. The van der Waals surface area contributed by atoms with Crippen LogP contribution in [-0.4, -0.2) is 64.7 Å². The molecule has 8 heteroatoms. The van der Waals surface area contributed by atoms with Crippen LogP contribution in [0.1, 0.15) is 38.4 Å². The summed E-state index contributed by atoms with van der Waals surface area (Å²) in [4.78, 5) is 31.2. The molecule has 1 saturated heterocycles. The molecule has 0 spiro atoms. The summed E-state index contributed by atoms with van der Waals surface area (Å²) in [7, 11) is 1.48. The number of aromatic amines is 1. The Morgan fingerprint density at radius 2 is 2.03 bits per heavy atom. The molecule has 2 N–H and O–H groups in total. The molecule has 0 unspecified atom stereocenters. The Balaban J connectivity index is 1.77. The Hall–Kier alpha value is -2.74. The van der Waals surface area contributed by atoms with Gasteiger partial charge in [-0.15, -0.1) is 0 Å². The highest BCUT2D eigenvalue weighted by Crippen LogP contribution is 2.28. The van der Waals surface area contributed by atoms with Gasteiger partial charge in [0, 0.05) is 32.2 Å². The van der Waals surface area contributed by atoms with Gasteiger partial charge in [-0.05, 0) is 12.3 Å². The van der Waals surface area contributed by atoms with E-state index in [9.17, 15) is 9.59 Å². The van der Waals surface area contributed by atoms with Gasteiger partial charge >= 0.3 is 0 Å². The number of nitrogens with zero attached hydrogens (tertiary/aromatic N) is 3. The van der Waals surface area contributed by atoms with Crippen LogP contribution in [0.4, 0.5) is 0 Å². The van der Waals surface area contributed by atoms with Gasteiger partial charge < -0.3 is 15.0 Å². The van der Waals surface area contributed by atoms with Crippen LogP contribution in [0.2, 0.25) is 0 Å². The van der Waals surface area contributed by atoms with E-state index >= 15 is 0 Å². The van der Waals surface area contributed by atoms with E-state index in [4.69, 9.17) is 4.74 Å². The van der Waals surface area contributed by atoms with Crippen LogP contribution in [0.5, 0.6) is 0 Å². The molecule has 8 nitrogen and oxygen atoms in total. The molecule has 29 heavy (non-hydrogen) atoms. The maximum Gasteiger partial charge on any atom is 0.246 e. The van der Waals surface area contributed by atoms with E-state index in [1.165, 1.54) is 7.11 Å². The predicted molar refractivity (Wildman–Crippen MR) is 109 cm³/mol. The highest BCUT2D eigenvalue weighted by Gasteiger charge is 2.38. The summed E-state index contributed by atoms with van der Waals surface area (Å²) >= 11 is 0. The number of benzene rings is 1. The lowest BCUT2D eigenvalue weighted by atomic mass is 10.0. The molecule has 156 valence electrons. The van der Waals surface area contributed by atoms with Gasteiger partial charge in [-0.2, -0.15) is 5.10 Å². The second-order valence-electron chi connectivity index (χ2n) is 7.86. The number of H-pyrrole nitrogens is 1. The average molecular weight is 399 g/mol. The highest BCUT2D eigenvalue weighted by atomic mass is 16.5. The van der Waals surface area contributed by atoms with Crippen molar-refractivity contribution in [1.82, 2.24) is 25.4 Å². The molecule has 0 saturated carbocycles. The number of carbonyl (C=O) groups is 2. The van der Waals surface area contributed by atoms with Gasteiger partial charge in [0.1, 0.15) is 12.4 Å². The van der Waals surface area contributed by atoms with E-state index in [1.807, 2.05) is 35.2 Å². The van der Waals surface area contributed by atoms with Crippen LogP contribution < -0.4 is 5.32 Å². The van der Waals surface area contributed by atoms with Crippen molar-refractivity contribution in [1.29, 1.82) is 0 Å². The molecule has 0 bridgehead atoms. The Labute approximate surface area is 171 Å². The van der Waals surface area contributed by atoms with Crippen molar-refractivity contribution >= 4 is 11.8 Å². The highest BCUT2D eigenvalue weighted by molar-refractivity contribution is 5.79. The fourth-order valence-electron chi connectivity index (χ4n) is 3.54. The predicted octanol–water partition coefficient (Wildman–Crippen LogP) is 1.96. The van der Waals surface area contributed by atoms with E-state index < -0.39 is 0 Å². The Kier molecular flexibility index (Phi) is 6.98. The molecule has 1 fully saturated rings. The lowest BCUT2D eigenvalue weighted by Gasteiger charge is -2.18. The van der Waals surface area contributed by atoms with Crippen molar-refractivity contribution in [3.63, 3.8) is 0 Å². The van der Waals surface area contributed by atoms with Crippen molar-refractivity contribution in [2.24, 2.45) is 5.92 Å². The van der Waals surface area contributed by atoms with Gasteiger partial charge in [-0.25, -0.2) is 4.98 Å². The number of nitrogens with one attached hydrogen (secondary N) is 2. The van der Waals surface area contributed by atoms with Crippen molar-refractivity contribution in [3.8, 4) is 11.4 Å². The summed E-state index contributed by atoms with van der Waals surface area (Å²) in [5.41, 5.74) is 0.915. The number of hydrogen-bond donors (Lipinski definition) is 2. The minimum atomic E-state index is -0.239. The van der Waals surface area contributed by atoms with Gasteiger partial charge in [0.2, 0.25) is 11.8 Å². The number of rotatable bonds is 8. The van der Waals surface area contributed by atoms with Crippen molar-refractivity contribution in [2.75, 3.05) is 26.8 Å². The number of hydrogen-bond acceptors (Lipinski definition) is 5. The molecule has 0 radical (unpaired) electrons. The Morgan fingerprint density at radius 1 is 1.28 bits per heavy atom. The van der Waals surface area contributed by atoms with Gasteiger partial charge in [0.15, 0.2) is 5.82 Å². The van der Waals surface area contributed by atoms with Crippen LogP contribution in [0.25, 0.3) is 11.4 Å². The van der Waals surface area contributed by atoms with Crippen LogP contribution in [0.15, 0.2) is 30.3 Å². The molecule has 1 aliphatic heterocycles. The van der Waals surface area contributed by atoms with E-state index in [-0.39, 0.29) is 30.4 Å². The summed E-state index contributed by atoms with van der Waals surface area (Å²) < 4.78 is 4.93. The number of aromatic nitrogens is 3. The molecule has 1 aliphatic rings. The summed E-state index contributed by atoms with van der Waals surface area (Å²) in [6.07, 6.45) is 1.36. The maximum absolute atomic E-state index is 12.7. The van der Waals surface area contributed by atoms with Gasteiger partial charge in [-0.1, -0.05) is 44.2 Å². The minimum absolute atomic E-state index is 0.0177. The monoisotopic (exact) mass is 399 g/mol. The van der Waals surface area contributed by atoms with Crippen LogP contribution in [0, 0.1) is 5.92 Å². The molecule has 0 aliphatic carbocycles. The van der Waals surface area contributed by atoms with Gasteiger partial charge in [0.25, 0.3) is 0 Å². The van der Waals surface area contributed by atoms with E-state index in [0.717, 1.165) is 12.0 Å². The molecule has 2 amide bonds.